The Morgan fingerprint density at radius 3 is 2.51 bits per heavy atom. The second kappa shape index (κ2) is 8.45. The Balaban J connectivity index is 1.58. The Bertz CT molecular complexity index is 1620. The van der Waals surface area contributed by atoms with Gasteiger partial charge in [-0.2, -0.15) is 5.10 Å². The van der Waals surface area contributed by atoms with Gasteiger partial charge in [0.2, 0.25) is 0 Å². The van der Waals surface area contributed by atoms with Crippen LogP contribution < -0.4 is 5.56 Å². The van der Waals surface area contributed by atoms with Crippen LogP contribution in [-0.2, 0) is 0 Å². The van der Waals surface area contributed by atoms with Crippen molar-refractivity contribution in [1.82, 2.24) is 9.99 Å². The first-order chi connectivity index (χ1) is 17.1. The van der Waals surface area contributed by atoms with Gasteiger partial charge in [-0.15, -0.1) is 0 Å². The smallest absolute Gasteiger partial charge is 0.310 e. The van der Waals surface area contributed by atoms with Crippen molar-refractivity contribution < 1.29 is 13.6 Å². The molecule has 2 aromatic carbocycles. The summed E-state index contributed by atoms with van der Waals surface area (Å²) in [5.74, 6) is 0.284. The van der Waals surface area contributed by atoms with Gasteiger partial charge in [0.05, 0.1) is 23.8 Å². The fourth-order valence-corrected chi connectivity index (χ4v) is 4.68. The van der Waals surface area contributed by atoms with Crippen LogP contribution in [0.3, 0.4) is 0 Å². The van der Waals surface area contributed by atoms with Gasteiger partial charge < -0.3 is 13.8 Å². The molecule has 0 radical (unpaired) electrons. The summed E-state index contributed by atoms with van der Waals surface area (Å²) < 4.78 is 11.0. The minimum absolute atomic E-state index is 0.147. The molecule has 35 heavy (non-hydrogen) atoms. The van der Waals surface area contributed by atoms with E-state index in [1.165, 1.54) is 11.3 Å². The average Bonchev–Trinajstić information content (AvgIpc) is 3.65. The van der Waals surface area contributed by atoms with Crippen LogP contribution >= 0.6 is 11.6 Å². The quantitative estimate of drug-likeness (QED) is 0.338. The molecule has 0 unspecified atom stereocenters. The van der Waals surface area contributed by atoms with Gasteiger partial charge in [-0.1, -0.05) is 41.9 Å². The number of rotatable bonds is 4. The van der Waals surface area contributed by atoms with E-state index in [2.05, 4.69) is 10.1 Å². The number of benzene rings is 2. The lowest BCUT2D eigenvalue weighted by molar-refractivity contribution is 0.0660. The lowest BCUT2D eigenvalue weighted by atomic mass is 9.92. The minimum Gasteiger partial charge on any atom is -0.467 e. The van der Waals surface area contributed by atoms with Crippen molar-refractivity contribution >= 4 is 34.1 Å². The maximum atomic E-state index is 13.5. The monoisotopic (exact) mass is 483 g/mol. The highest BCUT2D eigenvalue weighted by Gasteiger charge is 2.38. The molecule has 0 saturated carbocycles. The molecular weight excluding hydrogens is 466 g/mol. The van der Waals surface area contributed by atoms with Gasteiger partial charge in [-0.3, -0.25) is 9.59 Å². The molecule has 1 amide bonds. The van der Waals surface area contributed by atoms with Crippen LogP contribution in [0.4, 0.5) is 0 Å². The van der Waals surface area contributed by atoms with Crippen molar-refractivity contribution in [2.45, 2.75) is 12.5 Å². The van der Waals surface area contributed by atoms with Gasteiger partial charge in [-0.05, 0) is 48.0 Å². The van der Waals surface area contributed by atoms with Crippen LogP contribution in [-0.4, -0.2) is 21.6 Å². The summed E-state index contributed by atoms with van der Waals surface area (Å²) in [5.41, 5.74) is 2.75. The third-order valence-electron chi connectivity index (χ3n) is 6.05. The number of nitrogens with one attached hydrogen (secondary N) is 1. The van der Waals surface area contributed by atoms with Crippen molar-refractivity contribution in [3.05, 3.63) is 118 Å². The molecule has 0 saturated heterocycles. The normalized spacial score (nSPS) is 15.5. The summed E-state index contributed by atoms with van der Waals surface area (Å²) in [5, 5.41) is 7.31. The topological polar surface area (TPSA) is 91.8 Å². The van der Waals surface area contributed by atoms with Crippen LogP contribution in [0.2, 0.25) is 5.02 Å². The van der Waals surface area contributed by atoms with Crippen LogP contribution in [0.15, 0.2) is 104 Å². The number of aromatic nitrogens is 1. The highest BCUT2D eigenvalue weighted by molar-refractivity contribution is 6.31. The highest BCUT2D eigenvalue weighted by Crippen LogP contribution is 2.38. The molecule has 1 atom stereocenters. The molecule has 5 aromatic rings. The molecule has 1 N–H and O–H groups in total. The van der Waals surface area contributed by atoms with Crippen molar-refractivity contribution in [2.24, 2.45) is 5.10 Å². The van der Waals surface area contributed by atoms with Crippen molar-refractivity contribution in [2.75, 3.05) is 0 Å². The molecule has 8 heteroatoms. The van der Waals surface area contributed by atoms with Crippen molar-refractivity contribution in [1.29, 1.82) is 0 Å². The summed E-state index contributed by atoms with van der Waals surface area (Å²) in [6.07, 6.45) is 3.26. The second-order valence-corrected chi connectivity index (χ2v) is 8.61. The molecule has 3 aromatic heterocycles. The number of aromatic amines is 1. The van der Waals surface area contributed by atoms with Gasteiger partial charge in [0.15, 0.2) is 5.76 Å². The van der Waals surface area contributed by atoms with E-state index < -0.39 is 11.9 Å². The van der Waals surface area contributed by atoms with E-state index in [0.717, 1.165) is 10.9 Å². The number of carbonyl (C=O) groups is 1. The van der Waals surface area contributed by atoms with Gasteiger partial charge in [0.25, 0.3) is 5.56 Å². The molecule has 172 valence electrons. The van der Waals surface area contributed by atoms with E-state index >= 15 is 0 Å². The van der Waals surface area contributed by atoms with Gasteiger partial charge >= 0.3 is 5.91 Å². The number of hydrazone groups is 1. The third kappa shape index (κ3) is 3.66. The third-order valence-corrected chi connectivity index (χ3v) is 6.28. The zero-order valence-corrected chi connectivity index (χ0v) is 19.0. The number of carbonyl (C=O) groups excluding carboxylic acids is 1. The molecule has 0 spiro atoms. The van der Waals surface area contributed by atoms with E-state index in [4.69, 9.17) is 20.4 Å². The summed E-state index contributed by atoms with van der Waals surface area (Å²) >= 11 is 6.34. The number of hydrogen-bond acceptors (Lipinski definition) is 5. The molecule has 0 fully saturated rings. The first-order valence-corrected chi connectivity index (χ1v) is 11.4. The number of halogens is 1. The fraction of sp³-hybridized carbons (Fsp3) is 0.0741. The standard InChI is InChI=1S/C27H18ClN3O4/c28-17-10-11-19-18(14-17)24(16-6-2-1-3-7-16)25(26(32)29-19)20-15-21(22-8-4-12-34-22)31(30-20)27(33)23-9-5-13-35-23/h1-14,21H,15H2,(H,29,32)/t21-/m0/s1. The molecule has 1 aliphatic heterocycles. The zero-order valence-electron chi connectivity index (χ0n) is 18.3. The minimum atomic E-state index is -0.532. The number of fused-ring (bicyclic) bond motifs is 1. The first kappa shape index (κ1) is 21.2. The summed E-state index contributed by atoms with van der Waals surface area (Å²) in [7, 11) is 0. The van der Waals surface area contributed by atoms with Crippen LogP contribution in [0, 0.1) is 0 Å². The van der Waals surface area contributed by atoms with E-state index in [1.807, 2.05) is 36.4 Å². The van der Waals surface area contributed by atoms with Gasteiger partial charge in [0, 0.05) is 27.9 Å². The average molecular weight is 484 g/mol. The molecule has 0 bridgehead atoms. The maximum absolute atomic E-state index is 13.5. The predicted molar refractivity (Wildman–Crippen MR) is 132 cm³/mol. The maximum Gasteiger partial charge on any atom is 0.310 e. The van der Waals surface area contributed by atoms with Crippen LogP contribution in [0.5, 0.6) is 0 Å². The number of pyridine rings is 1. The molecule has 1 aliphatic rings. The highest BCUT2D eigenvalue weighted by atomic mass is 35.5. The predicted octanol–water partition coefficient (Wildman–Crippen LogP) is 6.03. The SMILES string of the molecule is O=C(c1ccco1)N1N=C(c2c(-c3ccccc3)c3cc(Cl)ccc3[nH]c2=O)C[C@H]1c1ccco1. The number of H-pyrrole nitrogens is 1. The van der Waals surface area contributed by atoms with Crippen LogP contribution in [0.1, 0.15) is 34.3 Å². The largest absolute Gasteiger partial charge is 0.467 e. The second-order valence-electron chi connectivity index (χ2n) is 8.17. The lowest BCUT2D eigenvalue weighted by Gasteiger charge is -2.18. The number of amides is 1. The van der Waals surface area contributed by atoms with E-state index in [1.54, 1.807) is 42.7 Å². The number of hydrogen-bond donors (Lipinski definition) is 1. The first-order valence-electron chi connectivity index (χ1n) is 11.0. The Morgan fingerprint density at radius 2 is 1.77 bits per heavy atom. The van der Waals surface area contributed by atoms with E-state index in [-0.39, 0.29) is 17.7 Å². The lowest BCUT2D eigenvalue weighted by Crippen LogP contribution is -2.26. The molecular formula is C27H18ClN3O4. The fourth-order valence-electron chi connectivity index (χ4n) is 4.51. The summed E-state index contributed by atoms with van der Waals surface area (Å²) in [6.45, 7) is 0. The molecule has 0 aliphatic carbocycles. The summed E-state index contributed by atoms with van der Waals surface area (Å²) in [4.78, 5) is 29.7. The van der Waals surface area contributed by atoms with Crippen molar-refractivity contribution in [3.8, 4) is 11.1 Å². The zero-order chi connectivity index (χ0) is 23.9. The van der Waals surface area contributed by atoms with Crippen LogP contribution in [0.25, 0.3) is 22.0 Å². The Hall–Kier alpha value is -4.36. The van der Waals surface area contributed by atoms with E-state index in [9.17, 15) is 9.59 Å². The number of furan rings is 2. The Labute approximate surface area is 204 Å². The van der Waals surface area contributed by atoms with Gasteiger partial charge in [-0.25, -0.2) is 5.01 Å². The molecule has 7 nitrogen and oxygen atoms in total. The molecule has 6 rings (SSSR count). The Morgan fingerprint density at radius 1 is 0.971 bits per heavy atom. The Kier molecular flexibility index (Phi) is 5.12. The van der Waals surface area contributed by atoms with Crippen molar-refractivity contribution in [3.63, 3.8) is 0 Å². The number of nitrogens with zero attached hydrogens (tertiary/aromatic N) is 2. The molecule has 4 heterocycles. The van der Waals surface area contributed by atoms with Gasteiger partial charge in [0.1, 0.15) is 11.8 Å². The van der Waals surface area contributed by atoms with E-state index in [0.29, 0.717) is 33.1 Å². The summed E-state index contributed by atoms with van der Waals surface area (Å²) in [6, 6.07) is 21.2.